The number of hydrogen-bond acceptors (Lipinski definition) is 3. The Balaban J connectivity index is 2.49. The van der Waals surface area contributed by atoms with Gasteiger partial charge in [0.2, 0.25) is 5.88 Å². The molecule has 1 aromatic heterocycles. The number of aromatic nitrogens is 2. The first-order valence-corrected chi connectivity index (χ1v) is 6.60. The maximum absolute atomic E-state index is 7.52. The van der Waals surface area contributed by atoms with Gasteiger partial charge in [-0.25, -0.2) is 4.68 Å². The highest BCUT2D eigenvalue weighted by atomic mass is 35.5. The highest BCUT2D eigenvalue weighted by molar-refractivity contribution is 6.35. The molecule has 0 atom stereocenters. The summed E-state index contributed by atoms with van der Waals surface area (Å²) in [7, 11) is 1.54. The molecule has 1 heterocycles. The third-order valence-electron chi connectivity index (χ3n) is 2.95. The maximum Gasteiger partial charge on any atom is 0.215 e. The number of nitrogens with one attached hydrogen (secondary N) is 1. The number of amidine groups is 1. The summed E-state index contributed by atoms with van der Waals surface area (Å²) in [4.78, 5) is 0. The van der Waals surface area contributed by atoms with Crippen molar-refractivity contribution in [3.8, 4) is 5.88 Å². The summed E-state index contributed by atoms with van der Waals surface area (Å²) in [6.07, 6.45) is 0. The van der Waals surface area contributed by atoms with Crippen LogP contribution in [0.2, 0.25) is 10.0 Å². The number of ether oxygens (including phenoxy) is 1. The third-order valence-corrected chi connectivity index (χ3v) is 3.66. The first-order chi connectivity index (χ1) is 9.45. The van der Waals surface area contributed by atoms with Gasteiger partial charge >= 0.3 is 0 Å². The lowest BCUT2D eigenvalue weighted by Crippen LogP contribution is -2.14. The van der Waals surface area contributed by atoms with Crippen molar-refractivity contribution in [2.45, 2.75) is 13.5 Å². The van der Waals surface area contributed by atoms with E-state index < -0.39 is 0 Å². The maximum atomic E-state index is 7.52. The highest BCUT2D eigenvalue weighted by Gasteiger charge is 2.18. The average molecular weight is 313 g/mol. The topological polar surface area (TPSA) is 76.9 Å². The van der Waals surface area contributed by atoms with Gasteiger partial charge < -0.3 is 10.5 Å². The number of hydrogen-bond donors (Lipinski definition) is 2. The second kappa shape index (κ2) is 5.73. The van der Waals surface area contributed by atoms with E-state index in [1.54, 1.807) is 36.9 Å². The summed E-state index contributed by atoms with van der Waals surface area (Å²) in [5, 5.41) is 12.9. The molecule has 5 nitrogen and oxygen atoms in total. The summed E-state index contributed by atoms with van der Waals surface area (Å²) in [5.41, 5.74) is 7.35. The minimum absolute atomic E-state index is 0.107. The Morgan fingerprint density at radius 1 is 1.40 bits per heavy atom. The summed E-state index contributed by atoms with van der Waals surface area (Å²) in [6.45, 7) is 2.14. The van der Waals surface area contributed by atoms with Crippen molar-refractivity contribution >= 4 is 29.0 Å². The normalized spacial score (nSPS) is 10.6. The van der Waals surface area contributed by atoms with Crippen LogP contribution in [-0.4, -0.2) is 22.7 Å². The zero-order valence-corrected chi connectivity index (χ0v) is 12.6. The van der Waals surface area contributed by atoms with Crippen LogP contribution in [0.1, 0.15) is 16.8 Å². The number of nitrogen functional groups attached to an aromatic ring is 1. The van der Waals surface area contributed by atoms with Gasteiger partial charge in [-0.1, -0.05) is 29.3 Å². The zero-order valence-electron chi connectivity index (χ0n) is 11.1. The first kappa shape index (κ1) is 14.7. The van der Waals surface area contributed by atoms with Gasteiger partial charge in [0.05, 0.1) is 13.7 Å². The molecule has 0 unspecified atom stereocenters. The SMILES string of the molecule is COc1c(C)c(C(=N)N)nn1Cc1c(Cl)cccc1Cl. The van der Waals surface area contributed by atoms with Crippen molar-refractivity contribution in [1.29, 1.82) is 5.41 Å². The van der Waals surface area contributed by atoms with Crippen LogP contribution in [0.15, 0.2) is 18.2 Å². The lowest BCUT2D eigenvalue weighted by Gasteiger charge is -2.09. The Hall–Kier alpha value is -1.72. The Morgan fingerprint density at radius 2 is 2.00 bits per heavy atom. The molecule has 2 aromatic rings. The largest absolute Gasteiger partial charge is 0.481 e. The average Bonchev–Trinajstić information content (AvgIpc) is 2.70. The van der Waals surface area contributed by atoms with Crippen molar-refractivity contribution in [1.82, 2.24) is 9.78 Å². The van der Waals surface area contributed by atoms with Crippen LogP contribution >= 0.6 is 23.2 Å². The van der Waals surface area contributed by atoms with Gasteiger partial charge in [0.25, 0.3) is 0 Å². The van der Waals surface area contributed by atoms with Gasteiger partial charge in [-0.15, -0.1) is 0 Å². The molecule has 0 bridgehead atoms. The molecule has 20 heavy (non-hydrogen) atoms. The van der Waals surface area contributed by atoms with E-state index in [0.29, 0.717) is 33.7 Å². The van der Waals surface area contributed by atoms with Crippen LogP contribution in [0.25, 0.3) is 0 Å². The molecule has 0 spiro atoms. The van der Waals surface area contributed by atoms with E-state index in [4.69, 9.17) is 39.1 Å². The Kier molecular flexibility index (Phi) is 4.20. The zero-order chi connectivity index (χ0) is 14.9. The van der Waals surface area contributed by atoms with E-state index in [1.807, 2.05) is 0 Å². The minimum atomic E-state index is -0.107. The minimum Gasteiger partial charge on any atom is -0.481 e. The lowest BCUT2D eigenvalue weighted by atomic mass is 10.2. The second-order valence-electron chi connectivity index (χ2n) is 4.25. The molecular formula is C13H14Cl2N4O. The van der Waals surface area contributed by atoms with Crippen LogP contribution in [-0.2, 0) is 6.54 Å². The van der Waals surface area contributed by atoms with Gasteiger partial charge in [0.1, 0.15) is 11.5 Å². The quantitative estimate of drug-likeness (QED) is 0.673. The van der Waals surface area contributed by atoms with Crippen LogP contribution in [0.3, 0.4) is 0 Å². The van der Waals surface area contributed by atoms with Gasteiger partial charge in [-0.05, 0) is 19.1 Å². The fraction of sp³-hybridized carbons (Fsp3) is 0.231. The summed E-state index contributed by atoms with van der Waals surface area (Å²) >= 11 is 12.3. The van der Waals surface area contributed by atoms with Gasteiger partial charge in [-0.2, -0.15) is 5.10 Å². The molecule has 0 radical (unpaired) electrons. The number of nitrogens with zero attached hydrogens (tertiary/aromatic N) is 2. The van der Waals surface area contributed by atoms with Crippen LogP contribution in [0, 0.1) is 12.3 Å². The molecule has 2 rings (SSSR count). The number of nitrogens with two attached hydrogens (primary N) is 1. The van der Waals surface area contributed by atoms with Crippen molar-refractivity contribution in [3.63, 3.8) is 0 Å². The molecule has 0 aliphatic rings. The Morgan fingerprint density at radius 3 is 2.50 bits per heavy atom. The van der Waals surface area contributed by atoms with E-state index >= 15 is 0 Å². The molecule has 0 saturated carbocycles. The number of benzene rings is 1. The molecule has 3 N–H and O–H groups in total. The van der Waals surface area contributed by atoms with Crippen molar-refractivity contribution in [2.24, 2.45) is 5.73 Å². The number of halogens is 2. The summed E-state index contributed by atoms with van der Waals surface area (Å²) in [6, 6.07) is 5.30. The predicted octanol–water partition coefficient (Wildman–Crippen LogP) is 2.84. The highest BCUT2D eigenvalue weighted by Crippen LogP contribution is 2.28. The van der Waals surface area contributed by atoms with Crippen LogP contribution in [0.4, 0.5) is 0 Å². The lowest BCUT2D eigenvalue weighted by molar-refractivity contribution is 0.364. The van der Waals surface area contributed by atoms with E-state index in [1.165, 1.54) is 0 Å². The summed E-state index contributed by atoms with van der Waals surface area (Å²) in [5.74, 6) is 0.427. The van der Waals surface area contributed by atoms with Crippen molar-refractivity contribution < 1.29 is 4.74 Å². The Bertz CT molecular complexity index is 646. The van der Waals surface area contributed by atoms with Gasteiger partial charge in [0, 0.05) is 21.2 Å². The fourth-order valence-corrected chi connectivity index (χ4v) is 2.51. The van der Waals surface area contributed by atoms with E-state index in [2.05, 4.69) is 5.10 Å². The molecule has 0 aliphatic heterocycles. The van der Waals surface area contributed by atoms with Crippen molar-refractivity contribution in [3.05, 3.63) is 45.1 Å². The molecule has 1 aromatic carbocycles. The predicted molar refractivity (Wildman–Crippen MR) is 80.1 cm³/mol. The van der Waals surface area contributed by atoms with E-state index in [9.17, 15) is 0 Å². The third kappa shape index (κ3) is 2.59. The van der Waals surface area contributed by atoms with Crippen molar-refractivity contribution in [2.75, 3.05) is 7.11 Å². The molecule has 106 valence electrons. The number of methoxy groups -OCH3 is 1. The second-order valence-corrected chi connectivity index (χ2v) is 5.07. The molecule has 7 heteroatoms. The molecule has 0 aliphatic carbocycles. The number of rotatable bonds is 4. The molecule has 0 saturated heterocycles. The molecule has 0 fully saturated rings. The Labute approximate surface area is 126 Å². The summed E-state index contributed by atoms with van der Waals surface area (Å²) < 4.78 is 6.92. The van der Waals surface area contributed by atoms with E-state index in [0.717, 1.165) is 5.56 Å². The monoisotopic (exact) mass is 312 g/mol. The van der Waals surface area contributed by atoms with Gasteiger partial charge in [0.15, 0.2) is 0 Å². The van der Waals surface area contributed by atoms with Crippen LogP contribution in [0.5, 0.6) is 5.88 Å². The fourth-order valence-electron chi connectivity index (χ4n) is 1.99. The van der Waals surface area contributed by atoms with E-state index in [-0.39, 0.29) is 5.84 Å². The first-order valence-electron chi connectivity index (χ1n) is 5.84. The molecule has 0 amide bonds. The van der Waals surface area contributed by atoms with Crippen LogP contribution < -0.4 is 10.5 Å². The smallest absolute Gasteiger partial charge is 0.215 e. The van der Waals surface area contributed by atoms with Gasteiger partial charge in [-0.3, -0.25) is 5.41 Å². The molecular weight excluding hydrogens is 299 g/mol. The standard InChI is InChI=1S/C13H14Cl2N4O/c1-7-11(12(16)17)18-19(13(7)20-2)6-8-9(14)4-3-5-10(8)15/h3-5H,6H2,1-2H3,(H3,16,17).